The van der Waals surface area contributed by atoms with Gasteiger partial charge in [0.2, 0.25) is 10.0 Å². The quantitative estimate of drug-likeness (QED) is 0.809. The zero-order chi connectivity index (χ0) is 14.6. The summed E-state index contributed by atoms with van der Waals surface area (Å²) in [5.74, 6) is 0. The van der Waals surface area contributed by atoms with Gasteiger partial charge in [0.1, 0.15) is 0 Å². The predicted octanol–water partition coefficient (Wildman–Crippen LogP) is 3.08. The maximum Gasteiger partial charge on any atom is 0.241 e. The Morgan fingerprint density at radius 3 is 2.80 bits per heavy atom. The van der Waals surface area contributed by atoms with E-state index in [2.05, 4.69) is 25.6 Å². The first kappa shape index (κ1) is 15.4. The smallest absolute Gasteiger partial charge is 0.241 e. The van der Waals surface area contributed by atoms with Gasteiger partial charge in [-0.2, -0.15) is 0 Å². The van der Waals surface area contributed by atoms with Crippen molar-refractivity contribution in [2.24, 2.45) is 0 Å². The SMILES string of the molecule is CCC(CCBr)NS(=O)(=O)c1cccc2ncccc12. The normalized spacial score (nSPS) is 13.5. The second-order valence-corrected chi connectivity index (χ2v) is 7.01. The summed E-state index contributed by atoms with van der Waals surface area (Å²) in [5.41, 5.74) is 0.684. The van der Waals surface area contributed by atoms with Gasteiger partial charge in [-0.05, 0) is 37.1 Å². The van der Waals surface area contributed by atoms with E-state index in [1.54, 1.807) is 30.5 Å². The van der Waals surface area contributed by atoms with Gasteiger partial charge >= 0.3 is 0 Å². The second-order valence-electron chi connectivity index (χ2n) is 4.53. The summed E-state index contributed by atoms with van der Waals surface area (Å²) >= 11 is 3.35. The molecule has 0 radical (unpaired) electrons. The van der Waals surface area contributed by atoms with Crippen LogP contribution in [0, 0.1) is 0 Å². The maximum absolute atomic E-state index is 12.5. The molecule has 0 spiro atoms. The largest absolute Gasteiger partial charge is 0.256 e. The van der Waals surface area contributed by atoms with Gasteiger partial charge in [-0.1, -0.05) is 28.9 Å². The fourth-order valence-corrected chi connectivity index (χ4v) is 4.19. The Morgan fingerprint density at radius 2 is 2.10 bits per heavy atom. The van der Waals surface area contributed by atoms with Crippen LogP contribution in [0.15, 0.2) is 41.4 Å². The van der Waals surface area contributed by atoms with Gasteiger partial charge in [-0.25, -0.2) is 13.1 Å². The molecule has 108 valence electrons. The summed E-state index contributed by atoms with van der Waals surface area (Å²) in [5, 5.41) is 1.42. The van der Waals surface area contributed by atoms with E-state index in [1.807, 2.05) is 13.0 Å². The zero-order valence-electron chi connectivity index (χ0n) is 11.2. The Bertz CT molecular complexity index is 683. The Balaban J connectivity index is 2.41. The lowest BCUT2D eigenvalue weighted by Crippen LogP contribution is -2.34. The molecule has 0 fully saturated rings. The van der Waals surface area contributed by atoms with Crippen molar-refractivity contribution in [1.82, 2.24) is 9.71 Å². The Morgan fingerprint density at radius 1 is 1.30 bits per heavy atom. The number of rotatable bonds is 6. The third-order valence-electron chi connectivity index (χ3n) is 3.17. The summed E-state index contributed by atoms with van der Waals surface area (Å²) in [6, 6.07) is 8.61. The van der Waals surface area contributed by atoms with Crippen LogP contribution in [0.5, 0.6) is 0 Å². The molecule has 0 amide bonds. The summed E-state index contributed by atoms with van der Waals surface area (Å²) in [7, 11) is -3.53. The molecule has 2 rings (SSSR count). The van der Waals surface area contributed by atoms with Gasteiger partial charge in [-0.15, -0.1) is 0 Å². The van der Waals surface area contributed by atoms with Crippen LogP contribution in [0.3, 0.4) is 0 Å². The number of nitrogens with zero attached hydrogens (tertiary/aromatic N) is 1. The van der Waals surface area contributed by atoms with Crippen LogP contribution in [-0.2, 0) is 10.0 Å². The fourth-order valence-electron chi connectivity index (χ4n) is 2.07. The van der Waals surface area contributed by atoms with Crippen molar-refractivity contribution in [3.8, 4) is 0 Å². The molecule has 0 saturated carbocycles. The first-order valence-electron chi connectivity index (χ1n) is 6.50. The highest BCUT2D eigenvalue weighted by Crippen LogP contribution is 2.21. The standard InChI is InChI=1S/C14H17BrN2O2S/c1-2-11(8-9-15)17-20(18,19)14-7-3-6-13-12(14)5-4-10-16-13/h3-7,10-11,17H,2,8-9H2,1H3. The van der Waals surface area contributed by atoms with Crippen LogP contribution in [-0.4, -0.2) is 24.8 Å². The number of hydrogen-bond acceptors (Lipinski definition) is 3. The van der Waals surface area contributed by atoms with E-state index in [4.69, 9.17) is 0 Å². The number of alkyl halides is 1. The lowest BCUT2D eigenvalue weighted by atomic mass is 10.2. The van der Waals surface area contributed by atoms with Crippen LogP contribution in [0.4, 0.5) is 0 Å². The average Bonchev–Trinajstić information content (AvgIpc) is 2.46. The van der Waals surface area contributed by atoms with Crippen LogP contribution >= 0.6 is 15.9 Å². The molecular formula is C14H17BrN2O2S. The number of aromatic nitrogens is 1. The average molecular weight is 357 g/mol. The van der Waals surface area contributed by atoms with Crippen LogP contribution in [0.1, 0.15) is 19.8 Å². The third kappa shape index (κ3) is 3.37. The van der Waals surface area contributed by atoms with Crippen molar-refractivity contribution >= 4 is 36.9 Å². The minimum Gasteiger partial charge on any atom is -0.256 e. The summed E-state index contributed by atoms with van der Waals surface area (Å²) in [6.07, 6.45) is 3.18. The van der Waals surface area contributed by atoms with Crippen molar-refractivity contribution in [2.45, 2.75) is 30.7 Å². The highest BCUT2D eigenvalue weighted by atomic mass is 79.9. The molecule has 1 N–H and O–H groups in total. The molecule has 1 aromatic carbocycles. The van der Waals surface area contributed by atoms with E-state index >= 15 is 0 Å². The molecule has 1 atom stereocenters. The van der Waals surface area contributed by atoms with Crippen LogP contribution < -0.4 is 4.72 Å². The van der Waals surface area contributed by atoms with E-state index in [0.717, 1.165) is 18.2 Å². The van der Waals surface area contributed by atoms with Gasteiger partial charge in [0.25, 0.3) is 0 Å². The molecule has 0 bridgehead atoms. The lowest BCUT2D eigenvalue weighted by Gasteiger charge is -2.16. The first-order chi connectivity index (χ1) is 9.58. The fraction of sp³-hybridized carbons (Fsp3) is 0.357. The van der Waals surface area contributed by atoms with Crippen LogP contribution in [0.2, 0.25) is 0 Å². The molecule has 1 unspecified atom stereocenters. The molecule has 2 aromatic rings. The number of fused-ring (bicyclic) bond motifs is 1. The molecule has 1 aromatic heterocycles. The van der Waals surface area contributed by atoms with Gasteiger partial charge in [0, 0.05) is 23.0 Å². The molecule has 20 heavy (non-hydrogen) atoms. The summed E-state index contributed by atoms with van der Waals surface area (Å²) < 4.78 is 27.8. The zero-order valence-corrected chi connectivity index (χ0v) is 13.6. The van der Waals surface area contributed by atoms with Crippen LogP contribution in [0.25, 0.3) is 10.9 Å². The third-order valence-corrected chi connectivity index (χ3v) is 5.20. The summed E-state index contributed by atoms with van der Waals surface area (Å²) in [6.45, 7) is 1.97. The Labute approximate surface area is 127 Å². The van der Waals surface area contributed by atoms with Crippen molar-refractivity contribution in [3.05, 3.63) is 36.5 Å². The highest BCUT2D eigenvalue weighted by molar-refractivity contribution is 9.09. The Kier molecular flexibility index (Phi) is 5.12. The second kappa shape index (κ2) is 6.65. The van der Waals surface area contributed by atoms with Gasteiger partial charge < -0.3 is 0 Å². The van der Waals surface area contributed by atoms with E-state index in [-0.39, 0.29) is 10.9 Å². The van der Waals surface area contributed by atoms with Crippen molar-refractivity contribution < 1.29 is 8.42 Å². The molecular weight excluding hydrogens is 340 g/mol. The van der Waals surface area contributed by atoms with E-state index in [1.165, 1.54) is 0 Å². The molecule has 0 aliphatic rings. The molecule has 0 aliphatic carbocycles. The van der Waals surface area contributed by atoms with Crippen molar-refractivity contribution in [3.63, 3.8) is 0 Å². The first-order valence-corrected chi connectivity index (χ1v) is 9.11. The predicted molar refractivity (Wildman–Crippen MR) is 84.6 cm³/mol. The monoisotopic (exact) mass is 356 g/mol. The lowest BCUT2D eigenvalue weighted by molar-refractivity contribution is 0.533. The molecule has 0 aliphatic heterocycles. The maximum atomic E-state index is 12.5. The van der Waals surface area contributed by atoms with E-state index in [0.29, 0.717) is 10.9 Å². The number of benzene rings is 1. The molecule has 1 heterocycles. The minimum atomic E-state index is -3.53. The minimum absolute atomic E-state index is 0.0636. The van der Waals surface area contributed by atoms with Gasteiger partial charge in [0.05, 0.1) is 10.4 Å². The van der Waals surface area contributed by atoms with E-state index in [9.17, 15) is 8.42 Å². The van der Waals surface area contributed by atoms with Crippen molar-refractivity contribution in [1.29, 1.82) is 0 Å². The molecule has 4 nitrogen and oxygen atoms in total. The van der Waals surface area contributed by atoms with Gasteiger partial charge in [-0.3, -0.25) is 4.98 Å². The highest BCUT2D eigenvalue weighted by Gasteiger charge is 2.20. The van der Waals surface area contributed by atoms with Crippen molar-refractivity contribution in [2.75, 3.05) is 5.33 Å². The number of hydrogen-bond donors (Lipinski definition) is 1. The summed E-state index contributed by atoms with van der Waals surface area (Å²) in [4.78, 5) is 4.48. The molecule has 6 heteroatoms. The number of nitrogens with one attached hydrogen (secondary N) is 1. The number of pyridine rings is 1. The Hall–Kier alpha value is -0.980. The topological polar surface area (TPSA) is 59.1 Å². The number of halogens is 1. The van der Waals surface area contributed by atoms with Gasteiger partial charge in [0.15, 0.2) is 0 Å². The number of sulfonamides is 1. The molecule has 0 saturated heterocycles. The van der Waals surface area contributed by atoms with E-state index < -0.39 is 10.0 Å².